The predicted octanol–water partition coefficient (Wildman–Crippen LogP) is 4.12. The van der Waals surface area contributed by atoms with Crippen molar-refractivity contribution in [3.8, 4) is 11.5 Å². The zero-order chi connectivity index (χ0) is 22.2. The molecule has 0 unspecified atom stereocenters. The highest BCUT2D eigenvalue weighted by Crippen LogP contribution is 2.23. The van der Waals surface area contributed by atoms with Gasteiger partial charge in [-0.2, -0.15) is 0 Å². The molecule has 0 aliphatic carbocycles. The molecule has 2 amide bonds. The fraction of sp³-hybridized carbons (Fsp3) is 0.130. The number of halogens is 2. The Morgan fingerprint density at radius 1 is 0.903 bits per heavy atom. The van der Waals surface area contributed by atoms with E-state index in [2.05, 4.69) is 10.6 Å². The number of carbonyl (C=O) groups excluding carboxylic acids is 2. The molecule has 0 saturated heterocycles. The summed E-state index contributed by atoms with van der Waals surface area (Å²) in [6.07, 6.45) is 0.569. The molecule has 0 saturated carbocycles. The smallest absolute Gasteiger partial charge is 0.255 e. The zero-order valence-electron chi connectivity index (χ0n) is 16.4. The van der Waals surface area contributed by atoms with Gasteiger partial charge in [0, 0.05) is 29.9 Å². The van der Waals surface area contributed by atoms with E-state index in [0.29, 0.717) is 25.6 Å². The van der Waals surface area contributed by atoms with Crippen LogP contribution in [-0.2, 0) is 0 Å². The van der Waals surface area contributed by atoms with Gasteiger partial charge in [0.05, 0.1) is 12.2 Å². The highest BCUT2D eigenvalue weighted by atomic mass is 19.1. The molecule has 6 nitrogen and oxygen atoms in total. The lowest BCUT2D eigenvalue weighted by atomic mass is 10.1. The van der Waals surface area contributed by atoms with Crippen LogP contribution in [0.4, 0.5) is 14.5 Å². The molecule has 0 radical (unpaired) electrons. The van der Waals surface area contributed by atoms with Gasteiger partial charge in [0.1, 0.15) is 23.1 Å². The van der Waals surface area contributed by atoms with Gasteiger partial charge in [-0.25, -0.2) is 8.78 Å². The molecular weight excluding hydrogens is 406 g/mol. The maximum absolute atomic E-state index is 13.3. The predicted molar refractivity (Wildman–Crippen MR) is 111 cm³/mol. The average molecular weight is 426 g/mol. The quantitative estimate of drug-likeness (QED) is 0.473. The highest BCUT2D eigenvalue weighted by Gasteiger charge is 2.14. The number of hydrogen-bond acceptors (Lipinski definition) is 4. The first-order chi connectivity index (χ1) is 14.9. The number of anilines is 1. The number of amides is 2. The molecule has 0 bridgehead atoms. The Balaban J connectivity index is 1.51. The second-order valence-corrected chi connectivity index (χ2v) is 6.62. The Labute approximate surface area is 177 Å². The Morgan fingerprint density at radius 3 is 2.29 bits per heavy atom. The maximum Gasteiger partial charge on any atom is 0.255 e. The molecule has 3 aromatic rings. The monoisotopic (exact) mass is 426 g/mol. The van der Waals surface area contributed by atoms with Crippen LogP contribution in [0.5, 0.6) is 11.5 Å². The number of phenols is 1. The van der Waals surface area contributed by atoms with Crippen LogP contribution in [0.15, 0.2) is 66.7 Å². The molecule has 0 aromatic heterocycles. The summed E-state index contributed by atoms with van der Waals surface area (Å²) in [5, 5.41) is 15.2. The number of rotatable bonds is 8. The van der Waals surface area contributed by atoms with E-state index in [4.69, 9.17) is 4.74 Å². The molecule has 0 aliphatic rings. The van der Waals surface area contributed by atoms with Gasteiger partial charge in [0.15, 0.2) is 0 Å². The van der Waals surface area contributed by atoms with Gasteiger partial charge in [0.2, 0.25) is 0 Å². The van der Waals surface area contributed by atoms with Crippen molar-refractivity contribution in [3.05, 3.63) is 89.5 Å². The number of carbonyl (C=O) groups is 2. The van der Waals surface area contributed by atoms with Gasteiger partial charge in [-0.15, -0.1) is 0 Å². The normalized spacial score (nSPS) is 10.4. The molecule has 0 aliphatic heterocycles. The Hall–Kier alpha value is -3.94. The molecule has 31 heavy (non-hydrogen) atoms. The molecule has 0 fully saturated rings. The van der Waals surface area contributed by atoms with Crippen molar-refractivity contribution in [2.45, 2.75) is 6.42 Å². The Kier molecular flexibility index (Phi) is 7.16. The summed E-state index contributed by atoms with van der Waals surface area (Å²) in [5.74, 6) is -2.61. The van der Waals surface area contributed by atoms with E-state index in [1.54, 1.807) is 0 Å². The number of benzene rings is 3. The van der Waals surface area contributed by atoms with Crippen LogP contribution in [0.1, 0.15) is 27.1 Å². The second-order valence-electron chi connectivity index (χ2n) is 6.62. The fourth-order valence-electron chi connectivity index (χ4n) is 2.77. The highest BCUT2D eigenvalue weighted by molar-refractivity contribution is 6.05. The summed E-state index contributed by atoms with van der Waals surface area (Å²) in [7, 11) is 0. The molecule has 3 N–H and O–H groups in total. The van der Waals surface area contributed by atoms with Gasteiger partial charge >= 0.3 is 0 Å². The number of ether oxygens (including phenoxy) is 1. The second kappa shape index (κ2) is 10.2. The van der Waals surface area contributed by atoms with E-state index in [0.717, 1.165) is 17.9 Å². The third-order valence-electron chi connectivity index (χ3n) is 4.24. The zero-order valence-corrected chi connectivity index (χ0v) is 16.4. The van der Waals surface area contributed by atoms with Crippen LogP contribution in [0.25, 0.3) is 0 Å². The first-order valence-electron chi connectivity index (χ1n) is 9.49. The molecule has 8 heteroatoms. The molecular formula is C23H20F2N2O4. The topological polar surface area (TPSA) is 87.7 Å². The molecule has 0 spiro atoms. The lowest BCUT2D eigenvalue weighted by molar-refractivity contribution is 0.0948. The number of nitrogens with one attached hydrogen (secondary N) is 2. The van der Waals surface area contributed by atoms with Crippen molar-refractivity contribution in [2.75, 3.05) is 18.5 Å². The van der Waals surface area contributed by atoms with Crippen molar-refractivity contribution >= 4 is 17.5 Å². The van der Waals surface area contributed by atoms with E-state index in [1.807, 2.05) is 30.3 Å². The largest absolute Gasteiger partial charge is 0.507 e. The fourth-order valence-corrected chi connectivity index (χ4v) is 2.77. The third kappa shape index (κ3) is 6.27. The first kappa shape index (κ1) is 21.8. The number of phenolic OH excluding ortho intramolecular Hbond substituents is 1. The number of aromatic hydroxyl groups is 1. The third-order valence-corrected chi connectivity index (χ3v) is 4.24. The molecule has 160 valence electrons. The first-order valence-corrected chi connectivity index (χ1v) is 9.49. The van der Waals surface area contributed by atoms with E-state index in [9.17, 15) is 23.5 Å². The SMILES string of the molecule is O=C(Nc1ccc(C(=O)NCCCOc2ccccc2)c(O)c1)c1cc(F)cc(F)c1. The molecule has 3 rings (SSSR count). The standard InChI is InChI=1S/C23H20F2N2O4/c24-16-11-15(12-17(25)13-16)22(29)27-18-7-8-20(21(28)14-18)23(30)26-9-4-10-31-19-5-2-1-3-6-19/h1-3,5-8,11-14,28H,4,9-10H2,(H,26,30)(H,27,29). The summed E-state index contributed by atoms with van der Waals surface area (Å²) in [6.45, 7) is 0.761. The summed E-state index contributed by atoms with van der Waals surface area (Å²) in [6, 6.07) is 15.6. The van der Waals surface area contributed by atoms with Crippen LogP contribution in [0, 0.1) is 11.6 Å². The van der Waals surface area contributed by atoms with Crippen LogP contribution in [0.2, 0.25) is 0 Å². The summed E-state index contributed by atoms with van der Waals surface area (Å²) in [4.78, 5) is 24.4. The van der Waals surface area contributed by atoms with Crippen molar-refractivity contribution in [2.24, 2.45) is 0 Å². The summed E-state index contributed by atoms with van der Waals surface area (Å²) in [5.41, 5.74) is -0.0183. The summed E-state index contributed by atoms with van der Waals surface area (Å²) >= 11 is 0. The van der Waals surface area contributed by atoms with Gasteiger partial charge < -0.3 is 20.5 Å². The summed E-state index contributed by atoms with van der Waals surface area (Å²) < 4.78 is 32.0. The molecule has 0 atom stereocenters. The van der Waals surface area contributed by atoms with Crippen molar-refractivity contribution in [1.29, 1.82) is 0 Å². The van der Waals surface area contributed by atoms with Crippen LogP contribution < -0.4 is 15.4 Å². The maximum atomic E-state index is 13.3. The van der Waals surface area contributed by atoms with Gasteiger partial charge in [0.25, 0.3) is 11.8 Å². The molecule has 0 heterocycles. The lowest BCUT2D eigenvalue weighted by Crippen LogP contribution is -2.25. The number of para-hydroxylation sites is 1. The van der Waals surface area contributed by atoms with Crippen molar-refractivity contribution in [3.63, 3.8) is 0 Å². The Morgan fingerprint density at radius 2 is 1.61 bits per heavy atom. The minimum atomic E-state index is -0.880. The number of hydrogen-bond donors (Lipinski definition) is 3. The van der Waals surface area contributed by atoms with E-state index >= 15 is 0 Å². The van der Waals surface area contributed by atoms with Crippen molar-refractivity contribution in [1.82, 2.24) is 5.32 Å². The van der Waals surface area contributed by atoms with Crippen LogP contribution in [0.3, 0.4) is 0 Å². The minimum absolute atomic E-state index is 0.0266. The minimum Gasteiger partial charge on any atom is -0.507 e. The van der Waals surface area contributed by atoms with E-state index in [-0.39, 0.29) is 22.6 Å². The molecule has 3 aromatic carbocycles. The van der Waals surface area contributed by atoms with Crippen LogP contribution in [-0.4, -0.2) is 30.1 Å². The lowest BCUT2D eigenvalue weighted by Gasteiger charge is -2.10. The van der Waals surface area contributed by atoms with Crippen molar-refractivity contribution < 1.29 is 28.2 Å². The Bertz CT molecular complexity index is 1050. The van der Waals surface area contributed by atoms with E-state index < -0.39 is 23.4 Å². The van der Waals surface area contributed by atoms with Crippen LogP contribution >= 0.6 is 0 Å². The van der Waals surface area contributed by atoms with Gasteiger partial charge in [-0.1, -0.05) is 18.2 Å². The van der Waals surface area contributed by atoms with E-state index in [1.165, 1.54) is 18.2 Å². The van der Waals surface area contributed by atoms with Gasteiger partial charge in [-0.3, -0.25) is 9.59 Å². The average Bonchev–Trinajstić information content (AvgIpc) is 2.73. The van der Waals surface area contributed by atoms with Gasteiger partial charge in [-0.05, 0) is 42.8 Å².